The third kappa shape index (κ3) is 3.31. The average molecular weight is 347 g/mol. The SMILES string of the molecule is Cc1ccc(-c2n[nH]c(CCc3ccccc3)n2)cc1N1CCNC1=O. The van der Waals surface area contributed by atoms with E-state index in [9.17, 15) is 4.79 Å². The molecule has 132 valence electrons. The van der Waals surface area contributed by atoms with E-state index in [1.165, 1.54) is 5.56 Å². The van der Waals surface area contributed by atoms with Gasteiger partial charge in [0.1, 0.15) is 5.82 Å². The van der Waals surface area contributed by atoms with Gasteiger partial charge in [-0.2, -0.15) is 5.10 Å². The van der Waals surface area contributed by atoms with Crippen molar-refractivity contribution in [3.8, 4) is 11.4 Å². The number of benzene rings is 2. The first kappa shape index (κ1) is 16.3. The molecule has 0 atom stereocenters. The summed E-state index contributed by atoms with van der Waals surface area (Å²) in [6, 6.07) is 16.3. The number of H-pyrrole nitrogens is 1. The Morgan fingerprint density at radius 3 is 2.73 bits per heavy atom. The molecule has 1 saturated heterocycles. The zero-order valence-corrected chi connectivity index (χ0v) is 14.7. The van der Waals surface area contributed by atoms with Crippen molar-refractivity contribution in [2.45, 2.75) is 19.8 Å². The van der Waals surface area contributed by atoms with Crippen molar-refractivity contribution in [3.63, 3.8) is 0 Å². The van der Waals surface area contributed by atoms with Gasteiger partial charge in [0.2, 0.25) is 0 Å². The van der Waals surface area contributed by atoms with Crippen LogP contribution in [0.5, 0.6) is 0 Å². The van der Waals surface area contributed by atoms with E-state index in [1.807, 2.05) is 43.3 Å². The quantitative estimate of drug-likeness (QED) is 0.745. The molecule has 26 heavy (non-hydrogen) atoms. The largest absolute Gasteiger partial charge is 0.336 e. The Kier molecular flexibility index (Phi) is 4.39. The topological polar surface area (TPSA) is 73.9 Å². The van der Waals surface area contributed by atoms with Gasteiger partial charge < -0.3 is 5.32 Å². The Bertz CT molecular complexity index is 919. The minimum atomic E-state index is -0.0520. The van der Waals surface area contributed by atoms with E-state index in [2.05, 4.69) is 32.6 Å². The molecular formula is C20H21N5O. The van der Waals surface area contributed by atoms with Crippen LogP contribution in [0.1, 0.15) is 17.0 Å². The number of aromatic amines is 1. The standard InChI is InChI=1S/C20H21N5O/c1-14-7-9-16(13-17(14)25-12-11-21-20(25)26)19-22-18(23-24-19)10-8-15-5-3-2-4-6-15/h2-7,9,13H,8,10-12H2,1H3,(H,21,26)(H,22,23,24). The van der Waals surface area contributed by atoms with E-state index in [4.69, 9.17) is 0 Å². The van der Waals surface area contributed by atoms with Gasteiger partial charge in [-0.1, -0.05) is 42.5 Å². The van der Waals surface area contributed by atoms with Crippen molar-refractivity contribution >= 4 is 11.7 Å². The number of aryl methyl sites for hydroxylation is 3. The predicted octanol–water partition coefficient (Wildman–Crippen LogP) is 3.09. The lowest BCUT2D eigenvalue weighted by molar-refractivity contribution is 0.252. The first-order valence-electron chi connectivity index (χ1n) is 8.82. The number of carbonyl (C=O) groups is 1. The van der Waals surface area contributed by atoms with Crippen molar-refractivity contribution < 1.29 is 4.79 Å². The molecule has 1 aliphatic rings. The van der Waals surface area contributed by atoms with Gasteiger partial charge in [0, 0.05) is 30.8 Å². The van der Waals surface area contributed by atoms with Crippen LogP contribution in [0, 0.1) is 6.92 Å². The number of nitrogens with zero attached hydrogens (tertiary/aromatic N) is 3. The number of amides is 2. The van der Waals surface area contributed by atoms with Crippen LogP contribution < -0.4 is 10.2 Å². The molecule has 0 saturated carbocycles. The van der Waals surface area contributed by atoms with Crippen LogP contribution in [0.2, 0.25) is 0 Å². The van der Waals surface area contributed by atoms with Crippen LogP contribution in [-0.2, 0) is 12.8 Å². The Hall–Kier alpha value is -3.15. The molecule has 0 bridgehead atoms. The molecule has 2 aromatic carbocycles. The number of hydrogen-bond donors (Lipinski definition) is 2. The highest BCUT2D eigenvalue weighted by Gasteiger charge is 2.23. The lowest BCUT2D eigenvalue weighted by Gasteiger charge is -2.17. The van der Waals surface area contributed by atoms with Crippen LogP contribution in [0.3, 0.4) is 0 Å². The third-order valence-electron chi connectivity index (χ3n) is 4.64. The summed E-state index contributed by atoms with van der Waals surface area (Å²) in [7, 11) is 0. The fraction of sp³-hybridized carbons (Fsp3) is 0.250. The Labute approximate surface area is 152 Å². The highest BCUT2D eigenvalue weighted by Crippen LogP contribution is 2.27. The maximum Gasteiger partial charge on any atom is 0.322 e. The van der Waals surface area contributed by atoms with Gasteiger partial charge in [-0.15, -0.1) is 0 Å². The summed E-state index contributed by atoms with van der Waals surface area (Å²) in [5.41, 5.74) is 4.16. The normalized spacial score (nSPS) is 13.9. The van der Waals surface area contributed by atoms with Crippen molar-refractivity contribution in [1.29, 1.82) is 0 Å². The number of anilines is 1. The van der Waals surface area contributed by atoms with Crippen molar-refractivity contribution in [2.24, 2.45) is 0 Å². The van der Waals surface area contributed by atoms with Crippen LogP contribution in [0.4, 0.5) is 10.5 Å². The summed E-state index contributed by atoms with van der Waals surface area (Å²) < 4.78 is 0. The van der Waals surface area contributed by atoms with Crippen LogP contribution >= 0.6 is 0 Å². The number of carbonyl (C=O) groups excluding carboxylic acids is 1. The van der Waals surface area contributed by atoms with Crippen LogP contribution in [0.15, 0.2) is 48.5 Å². The Morgan fingerprint density at radius 1 is 1.12 bits per heavy atom. The fourth-order valence-electron chi connectivity index (χ4n) is 3.18. The molecular weight excluding hydrogens is 326 g/mol. The summed E-state index contributed by atoms with van der Waals surface area (Å²) in [5, 5.41) is 10.2. The van der Waals surface area contributed by atoms with E-state index in [-0.39, 0.29) is 6.03 Å². The van der Waals surface area contributed by atoms with Crippen molar-refractivity contribution in [2.75, 3.05) is 18.0 Å². The average Bonchev–Trinajstić information content (AvgIpc) is 3.30. The molecule has 1 aromatic heterocycles. The minimum Gasteiger partial charge on any atom is -0.336 e. The zero-order chi connectivity index (χ0) is 17.9. The number of urea groups is 1. The first-order valence-corrected chi connectivity index (χ1v) is 8.82. The number of nitrogens with one attached hydrogen (secondary N) is 2. The molecule has 2 amide bonds. The molecule has 0 unspecified atom stereocenters. The van der Waals surface area contributed by atoms with Gasteiger partial charge in [0.25, 0.3) is 0 Å². The number of aromatic nitrogens is 3. The second kappa shape index (κ2) is 7.00. The molecule has 3 aromatic rings. The second-order valence-electron chi connectivity index (χ2n) is 6.48. The van der Waals surface area contributed by atoms with E-state index < -0.39 is 0 Å². The summed E-state index contributed by atoms with van der Waals surface area (Å²) in [6.45, 7) is 3.36. The summed E-state index contributed by atoms with van der Waals surface area (Å²) in [4.78, 5) is 18.4. The van der Waals surface area contributed by atoms with Gasteiger partial charge in [-0.05, 0) is 30.5 Å². The predicted molar refractivity (Wildman–Crippen MR) is 101 cm³/mol. The molecule has 2 N–H and O–H groups in total. The fourth-order valence-corrected chi connectivity index (χ4v) is 3.18. The maximum absolute atomic E-state index is 12.0. The van der Waals surface area contributed by atoms with E-state index in [0.717, 1.165) is 35.5 Å². The minimum absolute atomic E-state index is 0.0520. The van der Waals surface area contributed by atoms with Gasteiger partial charge in [-0.3, -0.25) is 10.00 Å². The highest BCUT2D eigenvalue weighted by atomic mass is 16.2. The molecule has 4 rings (SSSR count). The number of rotatable bonds is 5. The molecule has 0 radical (unpaired) electrons. The highest BCUT2D eigenvalue weighted by molar-refractivity contribution is 5.95. The first-order chi connectivity index (χ1) is 12.7. The van der Waals surface area contributed by atoms with Crippen molar-refractivity contribution in [1.82, 2.24) is 20.5 Å². The maximum atomic E-state index is 12.0. The van der Waals surface area contributed by atoms with Gasteiger partial charge in [0.05, 0.1) is 0 Å². The van der Waals surface area contributed by atoms with Crippen LogP contribution in [-0.4, -0.2) is 34.3 Å². The molecule has 0 spiro atoms. The Balaban J connectivity index is 1.53. The second-order valence-corrected chi connectivity index (χ2v) is 6.48. The molecule has 1 aliphatic heterocycles. The summed E-state index contributed by atoms with van der Waals surface area (Å²) in [5.74, 6) is 1.53. The molecule has 6 heteroatoms. The molecule has 1 fully saturated rings. The Morgan fingerprint density at radius 2 is 1.96 bits per heavy atom. The molecule has 6 nitrogen and oxygen atoms in total. The number of hydrogen-bond acceptors (Lipinski definition) is 3. The van der Waals surface area contributed by atoms with Gasteiger partial charge in [0.15, 0.2) is 5.82 Å². The van der Waals surface area contributed by atoms with E-state index in [1.54, 1.807) is 4.90 Å². The van der Waals surface area contributed by atoms with Crippen LogP contribution in [0.25, 0.3) is 11.4 Å². The summed E-state index contributed by atoms with van der Waals surface area (Å²) >= 11 is 0. The smallest absolute Gasteiger partial charge is 0.322 e. The van der Waals surface area contributed by atoms with Crippen molar-refractivity contribution in [3.05, 3.63) is 65.5 Å². The third-order valence-corrected chi connectivity index (χ3v) is 4.64. The van der Waals surface area contributed by atoms with E-state index in [0.29, 0.717) is 18.9 Å². The monoisotopic (exact) mass is 347 g/mol. The lowest BCUT2D eigenvalue weighted by Crippen LogP contribution is -2.28. The molecule has 2 heterocycles. The molecule has 0 aliphatic carbocycles. The van der Waals surface area contributed by atoms with Gasteiger partial charge >= 0.3 is 6.03 Å². The van der Waals surface area contributed by atoms with Gasteiger partial charge in [-0.25, -0.2) is 9.78 Å². The summed E-state index contributed by atoms with van der Waals surface area (Å²) in [6.07, 6.45) is 1.73. The van der Waals surface area contributed by atoms with E-state index >= 15 is 0 Å². The zero-order valence-electron chi connectivity index (χ0n) is 14.7. The lowest BCUT2D eigenvalue weighted by atomic mass is 10.1.